The van der Waals surface area contributed by atoms with E-state index in [4.69, 9.17) is 14.7 Å². The number of aliphatic hydroxyl groups is 1. The highest BCUT2D eigenvalue weighted by Crippen LogP contribution is 2.09. The van der Waals surface area contributed by atoms with Gasteiger partial charge in [0.15, 0.2) is 0 Å². The summed E-state index contributed by atoms with van der Waals surface area (Å²) in [6.07, 6.45) is 2.31. The Bertz CT molecular complexity index is 55.6. The van der Waals surface area contributed by atoms with Crippen molar-refractivity contribution < 1.29 is 20.2 Å². The van der Waals surface area contributed by atoms with Gasteiger partial charge in [-0.1, -0.05) is 0 Å². The Morgan fingerprint density at radius 1 is 1.50 bits per heavy atom. The molecule has 4 N–H and O–H groups in total. The highest BCUT2D eigenvalue weighted by atomic mass is 31.0. The van der Waals surface area contributed by atoms with Crippen molar-refractivity contribution in [3.63, 3.8) is 0 Å². The molecule has 0 aromatic heterocycles. The Kier molecular flexibility index (Phi) is 12.0. The summed E-state index contributed by atoms with van der Waals surface area (Å²) >= 11 is 0. The topological polar surface area (TPSA) is 81.2 Å². The fraction of sp³-hybridized carbons (Fsp3) is 1.00. The van der Waals surface area contributed by atoms with Crippen molar-refractivity contribution in [3.8, 4) is 0 Å². The molecule has 0 aromatic rings. The van der Waals surface area contributed by atoms with Crippen LogP contribution in [0.15, 0.2) is 0 Å². The Morgan fingerprint density at radius 2 is 2.10 bits per heavy atom. The molecule has 10 heavy (non-hydrogen) atoms. The van der Waals surface area contributed by atoms with Crippen LogP contribution in [0.1, 0.15) is 12.8 Å². The molecule has 1 heterocycles. The van der Waals surface area contributed by atoms with Gasteiger partial charge in [0.2, 0.25) is 0 Å². The molecule has 1 aliphatic heterocycles. The van der Waals surface area contributed by atoms with Gasteiger partial charge in [0, 0.05) is 6.61 Å². The Balaban J connectivity index is 0. The third-order valence-electron chi connectivity index (χ3n) is 1.23. The summed E-state index contributed by atoms with van der Waals surface area (Å²) in [4.78, 5) is 6.92. The van der Waals surface area contributed by atoms with E-state index in [1.807, 2.05) is 0 Å². The summed E-state index contributed by atoms with van der Waals surface area (Å²) in [5, 5.41) is 8.44. The molecule has 1 aliphatic rings. The summed E-state index contributed by atoms with van der Waals surface area (Å²) in [7, 11) is 1.42. The van der Waals surface area contributed by atoms with Crippen LogP contribution in [0, 0.1) is 0 Å². The molecular formula is C5H15O4P. The first-order chi connectivity index (χ1) is 4.43. The Labute approximate surface area is 62.8 Å². The zero-order valence-electron chi connectivity index (χ0n) is 5.79. The molecule has 0 bridgehead atoms. The van der Waals surface area contributed by atoms with E-state index in [-0.39, 0.29) is 18.2 Å². The van der Waals surface area contributed by atoms with Gasteiger partial charge in [-0.2, -0.15) is 0 Å². The zero-order chi connectivity index (χ0) is 7.11. The molecule has 1 saturated heterocycles. The van der Waals surface area contributed by atoms with Gasteiger partial charge < -0.3 is 20.2 Å². The van der Waals surface area contributed by atoms with Gasteiger partial charge in [-0.15, -0.1) is 0 Å². The molecule has 2 atom stereocenters. The van der Waals surface area contributed by atoms with Crippen molar-refractivity contribution in [3.05, 3.63) is 0 Å². The van der Waals surface area contributed by atoms with Crippen LogP contribution in [0.25, 0.3) is 0 Å². The summed E-state index contributed by atoms with van der Waals surface area (Å²) in [6.45, 7) is 1.03. The third-order valence-corrected chi connectivity index (χ3v) is 1.23. The van der Waals surface area contributed by atoms with E-state index in [0.717, 1.165) is 19.4 Å². The van der Waals surface area contributed by atoms with Crippen molar-refractivity contribution in [1.82, 2.24) is 0 Å². The lowest BCUT2D eigenvalue weighted by molar-refractivity contribution is 0.0591. The monoisotopic (exact) mass is 170 g/mol. The minimum absolute atomic E-state index is 0. The first-order valence-electron chi connectivity index (χ1n) is 2.92. The fourth-order valence-electron chi connectivity index (χ4n) is 0.788. The third kappa shape index (κ3) is 5.09. The van der Waals surface area contributed by atoms with Crippen LogP contribution in [0.3, 0.4) is 0 Å². The van der Waals surface area contributed by atoms with Gasteiger partial charge in [0.05, 0.1) is 12.7 Å². The van der Waals surface area contributed by atoms with Crippen molar-refractivity contribution in [2.75, 3.05) is 13.2 Å². The van der Waals surface area contributed by atoms with Gasteiger partial charge in [-0.3, -0.25) is 0 Å². The largest absolute Gasteiger partial charge is 0.412 e. The molecule has 4 nitrogen and oxygen atoms in total. The molecule has 0 spiro atoms. The smallest absolute Gasteiger partial charge is 0.0806 e. The molecule has 64 valence electrons. The molecule has 0 aromatic carbocycles. The molecule has 2 unspecified atom stereocenters. The number of ether oxygens (including phenoxy) is 1. The van der Waals surface area contributed by atoms with Crippen LogP contribution in [-0.4, -0.2) is 34.8 Å². The second-order valence-electron chi connectivity index (χ2n) is 1.82. The van der Waals surface area contributed by atoms with Crippen molar-refractivity contribution >= 4 is 9.47 Å². The molecular weight excluding hydrogens is 155 g/mol. The first kappa shape index (κ1) is 12.9. The summed E-state index contributed by atoms with van der Waals surface area (Å²) in [5.41, 5.74) is 0. The van der Waals surface area contributed by atoms with Crippen molar-refractivity contribution in [2.24, 2.45) is 0 Å². The predicted molar refractivity (Wildman–Crippen MR) is 41.6 cm³/mol. The van der Waals surface area contributed by atoms with Gasteiger partial charge in [0.25, 0.3) is 0 Å². The fourth-order valence-corrected chi connectivity index (χ4v) is 0.788. The van der Waals surface area contributed by atoms with E-state index < -0.39 is 0 Å². The van der Waals surface area contributed by atoms with Gasteiger partial charge >= 0.3 is 0 Å². The molecule has 0 radical (unpaired) electrons. The maximum atomic E-state index is 8.44. The number of rotatable bonds is 1. The normalized spacial score (nSPS) is 22.5. The van der Waals surface area contributed by atoms with Crippen LogP contribution in [0.5, 0.6) is 0 Å². The quantitative estimate of drug-likeness (QED) is 0.500. The SMILES string of the molecule is O.OCC1CCCO1.OP. The highest BCUT2D eigenvalue weighted by molar-refractivity contribution is 7.08. The number of aliphatic hydroxyl groups excluding tert-OH is 1. The molecule has 1 rings (SSSR count). The van der Waals surface area contributed by atoms with Gasteiger partial charge in [-0.05, 0) is 22.3 Å². The molecule has 1 fully saturated rings. The molecule has 5 heteroatoms. The first-order valence-corrected chi connectivity index (χ1v) is 3.43. The maximum absolute atomic E-state index is 8.44. The maximum Gasteiger partial charge on any atom is 0.0806 e. The average Bonchev–Trinajstić information content (AvgIpc) is 2.43. The molecule has 0 aliphatic carbocycles. The van der Waals surface area contributed by atoms with Gasteiger partial charge in [0.1, 0.15) is 0 Å². The lowest BCUT2D eigenvalue weighted by atomic mass is 10.2. The average molecular weight is 170 g/mol. The van der Waals surface area contributed by atoms with Crippen LogP contribution < -0.4 is 0 Å². The van der Waals surface area contributed by atoms with Crippen LogP contribution >= 0.6 is 9.47 Å². The minimum Gasteiger partial charge on any atom is -0.412 e. The van der Waals surface area contributed by atoms with E-state index in [0.29, 0.717) is 0 Å². The summed E-state index contributed by atoms with van der Waals surface area (Å²) in [6, 6.07) is 0. The summed E-state index contributed by atoms with van der Waals surface area (Å²) < 4.78 is 5.05. The second-order valence-corrected chi connectivity index (χ2v) is 1.82. The van der Waals surface area contributed by atoms with Crippen molar-refractivity contribution in [2.45, 2.75) is 18.9 Å². The number of hydrogen-bond acceptors (Lipinski definition) is 3. The van der Waals surface area contributed by atoms with Crippen molar-refractivity contribution in [1.29, 1.82) is 0 Å². The minimum atomic E-state index is 0. The van der Waals surface area contributed by atoms with E-state index in [2.05, 4.69) is 0 Å². The second kappa shape index (κ2) is 9.27. The van der Waals surface area contributed by atoms with Crippen LogP contribution in [0.4, 0.5) is 0 Å². The highest BCUT2D eigenvalue weighted by Gasteiger charge is 2.12. The van der Waals surface area contributed by atoms with E-state index in [9.17, 15) is 0 Å². The lowest BCUT2D eigenvalue weighted by Crippen LogP contribution is -2.09. The summed E-state index contributed by atoms with van der Waals surface area (Å²) in [5.74, 6) is 0. The van der Waals surface area contributed by atoms with Crippen LogP contribution in [0.2, 0.25) is 0 Å². The zero-order valence-corrected chi connectivity index (χ0v) is 6.94. The Hall–Kier alpha value is 0.270. The van der Waals surface area contributed by atoms with Gasteiger partial charge in [-0.25, -0.2) is 0 Å². The van der Waals surface area contributed by atoms with Crippen LogP contribution in [-0.2, 0) is 4.74 Å². The lowest BCUT2D eigenvalue weighted by Gasteiger charge is -2.00. The molecule has 0 saturated carbocycles. The van der Waals surface area contributed by atoms with E-state index in [1.54, 1.807) is 0 Å². The number of hydrogen-bond donors (Lipinski definition) is 2. The Morgan fingerprint density at radius 3 is 2.30 bits per heavy atom. The van der Waals surface area contributed by atoms with E-state index >= 15 is 0 Å². The predicted octanol–water partition coefficient (Wildman–Crippen LogP) is -0.898. The standard InChI is InChI=1S/C5H10O2.H3OP.H2O/c6-4-5-2-1-3-7-5;1-2;/h5-6H,1-4H2;1H,2H2;1H2. The van der Waals surface area contributed by atoms with E-state index in [1.165, 1.54) is 9.47 Å². The molecule has 0 amide bonds.